The zero-order valence-electron chi connectivity index (χ0n) is 15.9. The number of hydrogen-bond donors (Lipinski definition) is 1. The van der Waals surface area contributed by atoms with E-state index >= 15 is 0 Å². The van der Waals surface area contributed by atoms with Crippen molar-refractivity contribution in [3.63, 3.8) is 0 Å². The number of ether oxygens (including phenoxy) is 1. The number of thioether (sulfide) groups is 1. The van der Waals surface area contributed by atoms with Gasteiger partial charge in [-0.3, -0.25) is 14.4 Å². The molecule has 0 saturated carbocycles. The summed E-state index contributed by atoms with van der Waals surface area (Å²) in [4.78, 5) is 37.9. The normalized spacial score (nSPS) is 16.1. The zero-order chi connectivity index (χ0) is 19.6. The number of aromatic nitrogens is 1. The molecule has 27 heavy (non-hydrogen) atoms. The predicted molar refractivity (Wildman–Crippen MR) is 102 cm³/mol. The molecule has 1 aromatic heterocycles. The highest BCUT2D eigenvalue weighted by Gasteiger charge is 2.19. The maximum Gasteiger partial charge on any atom is 0.316 e. The first-order chi connectivity index (χ1) is 13.0. The number of carbonyl (C=O) groups excluding carboxylic acids is 3. The summed E-state index contributed by atoms with van der Waals surface area (Å²) >= 11 is 1.14. The molecule has 1 fully saturated rings. The molecule has 0 radical (unpaired) electrons. The first-order valence-electron chi connectivity index (χ1n) is 9.25. The van der Waals surface area contributed by atoms with E-state index in [1.165, 1.54) is 6.42 Å². The highest BCUT2D eigenvalue weighted by molar-refractivity contribution is 8.01. The Bertz CT molecular complexity index is 641. The third kappa shape index (κ3) is 7.62. The number of amides is 2. The molecule has 9 heteroatoms. The summed E-state index contributed by atoms with van der Waals surface area (Å²) in [5, 5.41) is 5.83. The van der Waals surface area contributed by atoms with Crippen LogP contribution in [0.3, 0.4) is 0 Å². The fourth-order valence-electron chi connectivity index (χ4n) is 2.69. The van der Waals surface area contributed by atoms with E-state index in [9.17, 15) is 14.4 Å². The largest absolute Gasteiger partial charge is 0.455 e. The molecular formula is C18H27N3O5S. The average Bonchev–Trinajstić information content (AvgIpc) is 3.02. The zero-order valence-corrected chi connectivity index (χ0v) is 16.7. The SMILES string of the molecule is Cc1cc(NC(=O)[C@@H](C)SCC(=O)OCC(=O)N2CCCCCCC2)no1. The molecule has 0 bridgehead atoms. The monoisotopic (exact) mass is 397 g/mol. The van der Waals surface area contributed by atoms with Crippen LogP contribution in [0, 0.1) is 6.92 Å². The van der Waals surface area contributed by atoms with Crippen LogP contribution in [0.15, 0.2) is 10.6 Å². The average molecular weight is 397 g/mol. The van der Waals surface area contributed by atoms with Gasteiger partial charge in [-0.05, 0) is 26.7 Å². The van der Waals surface area contributed by atoms with Crippen LogP contribution in [-0.2, 0) is 19.1 Å². The van der Waals surface area contributed by atoms with Crippen molar-refractivity contribution in [3.05, 3.63) is 11.8 Å². The highest BCUT2D eigenvalue weighted by Crippen LogP contribution is 2.15. The summed E-state index contributed by atoms with van der Waals surface area (Å²) in [7, 11) is 0. The van der Waals surface area contributed by atoms with Gasteiger partial charge in [0.2, 0.25) is 5.91 Å². The first-order valence-corrected chi connectivity index (χ1v) is 10.3. The van der Waals surface area contributed by atoms with Gasteiger partial charge in [-0.15, -0.1) is 11.8 Å². The third-order valence-corrected chi connectivity index (χ3v) is 5.38. The molecule has 2 heterocycles. The minimum atomic E-state index is -0.502. The van der Waals surface area contributed by atoms with Crippen LogP contribution in [0.5, 0.6) is 0 Å². The molecule has 2 rings (SSSR count). The smallest absolute Gasteiger partial charge is 0.316 e. The van der Waals surface area contributed by atoms with Gasteiger partial charge in [-0.25, -0.2) is 0 Å². The van der Waals surface area contributed by atoms with Crippen LogP contribution in [0.2, 0.25) is 0 Å². The lowest BCUT2D eigenvalue weighted by molar-refractivity contribution is -0.150. The van der Waals surface area contributed by atoms with Crippen LogP contribution < -0.4 is 5.32 Å². The number of aryl methyl sites for hydroxylation is 1. The minimum absolute atomic E-state index is 0.000288. The van der Waals surface area contributed by atoms with Gasteiger partial charge in [-0.2, -0.15) is 0 Å². The van der Waals surface area contributed by atoms with Gasteiger partial charge in [0.1, 0.15) is 5.76 Å². The topological polar surface area (TPSA) is 102 Å². The van der Waals surface area contributed by atoms with Crippen molar-refractivity contribution >= 4 is 35.4 Å². The lowest BCUT2D eigenvalue weighted by atomic mass is 10.1. The lowest BCUT2D eigenvalue weighted by Gasteiger charge is -2.24. The summed E-state index contributed by atoms with van der Waals surface area (Å²) < 4.78 is 9.95. The molecule has 8 nitrogen and oxygen atoms in total. The standard InChI is InChI=1S/C18H27N3O5S/c1-13-10-15(20-26-13)19-18(24)14(2)27-12-17(23)25-11-16(22)21-8-6-4-3-5-7-9-21/h10,14H,3-9,11-12H2,1-2H3,(H,19,20,24)/t14-/m1/s1. The molecule has 0 aromatic carbocycles. The summed E-state index contributed by atoms with van der Waals surface area (Å²) in [6.45, 7) is 4.63. The quantitative estimate of drug-likeness (QED) is 0.705. The number of carbonyl (C=O) groups is 3. The molecule has 1 N–H and O–H groups in total. The Balaban J connectivity index is 1.65. The fraction of sp³-hybridized carbons (Fsp3) is 0.667. The van der Waals surface area contributed by atoms with E-state index in [0.717, 1.165) is 50.5 Å². The molecule has 0 unspecified atom stereocenters. The molecule has 1 aliphatic rings. The van der Waals surface area contributed by atoms with Gasteiger partial charge in [0.25, 0.3) is 5.91 Å². The van der Waals surface area contributed by atoms with E-state index in [0.29, 0.717) is 11.6 Å². The summed E-state index contributed by atoms with van der Waals surface area (Å²) in [6.07, 6.45) is 5.47. The van der Waals surface area contributed by atoms with Crippen LogP contribution >= 0.6 is 11.8 Å². The number of likely N-dealkylation sites (tertiary alicyclic amines) is 1. The van der Waals surface area contributed by atoms with E-state index in [1.54, 1.807) is 24.8 Å². The molecule has 0 aliphatic carbocycles. The molecule has 2 amide bonds. The summed E-state index contributed by atoms with van der Waals surface area (Å²) in [5.41, 5.74) is 0. The van der Waals surface area contributed by atoms with Gasteiger partial charge in [0.05, 0.1) is 11.0 Å². The van der Waals surface area contributed by atoms with Crippen molar-refractivity contribution in [1.29, 1.82) is 0 Å². The number of anilines is 1. The van der Waals surface area contributed by atoms with E-state index in [2.05, 4.69) is 10.5 Å². The Kier molecular flexibility index (Phi) is 8.63. The van der Waals surface area contributed by atoms with Crippen molar-refractivity contribution in [1.82, 2.24) is 10.1 Å². The Hall–Kier alpha value is -2.03. The van der Waals surface area contributed by atoms with Crippen LogP contribution in [0.25, 0.3) is 0 Å². The Morgan fingerprint density at radius 2 is 1.93 bits per heavy atom. The van der Waals surface area contributed by atoms with E-state index in [4.69, 9.17) is 9.26 Å². The maximum atomic E-state index is 12.2. The van der Waals surface area contributed by atoms with E-state index in [-0.39, 0.29) is 24.2 Å². The minimum Gasteiger partial charge on any atom is -0.455 e. The van der Waals surface area contributed by atoms with Gasteiger partial charge >= 0.3 is 5.97 Å². The number of esters is 1. The summed E-state index contributed by atoms with van der Waals surface area (Å²) in [6, 6.07) is 1.61. The van der Waals surface area contributed by atoms with Crippen molar-refractivity contribution in [2.45, 2.75) is 51.2 Å². The van der Waals surface area contributed by atoms with Crippen molar-refractivity contribution < 1.29 is 23.6 Å². The first kappa shape index (κ1) is 21.3. The Morgan fingerprint density at radius 1 is 1.26 bits per heavy atom. The summed E-state index contributed by atoms with van der Waals surface area (Å²) in [5.74, 6) is 0.00233. The molecular weight excluding hydrogens is 370 g/mol. The number of nitrogens with one attached hydrogen (secondary N) is 1. The Labute approximate surface area is 163 Å². The molecule has 1 saturated heterocycles. The molecule has 1 atom stereocenters. The lowest BCUT2D eigenvalue weighted by Crippen LogP contribution is -2.37. The van der Waals surface area contributed by atoms with E-state index in [1.807, 2.05) is 0 Å². The molecule has 1 aliphatic heterocycles. The maximum absolute atomic E-state index is 12.2. The van der Waals surface area contributed by atoms with Crippen molar-refractivity contribution in [2.24, 2.45) is 0 Å². The molecule has 150 valence electrons. The molecule has 0 spiro atoms. The third-order valence-electron chi connectivity index (χ3n) is 4.27. The Morgan fingerprint density at radius 3 is 2.56 bits per heavy atom. The van der Waals surface area contributed by atoms with Gasteiger partial charge in [0.15, 0.2) is 12.4 Å². The second kappa shape index (κ2) is 11.0. The second-order valence-corrected chi connectivity index (χ2v) is 7.90. The van der Waals surface area contributed by atoms with E-state index < -0.39 is 11.2 Å². The van der Waals surface area contributed by atoms with Gasteiger partial charge < -0.3 is 19.5 Å². The highest BCUT2D eigenvalue weighted by atomic mass is 32.2. The number of hydrogen-bond acceptors (Lipinski definition) is 7. The fourth-order valence-corrected chi connectivity index (χ4v) is 3.37. The van der Waals surface area contributed by atoms with Crippen LogP contribution in [-0.4, -0.2) is 58.5 Å². The van der Waals surface area contributed by atoms with Gasteiger partial charge in [-0.1, -0.05) is 24.4 Å². The molecule has 1 aromatic rings. The number of nitrogens with zero attached hydrogens (tertiary/aromatic N) is 2. The van der Waals surface area contributed by atoms with Crippen molar-refractivity contribution in [3.8, 4) is 0 Å². The van der Waals surface area contributed by atoms with Crippen LogP contribution in [0.4, 0.5) is 5.82 Å². The van der Waals surface area contributed by atoms with Crippen LogP contribution in [0.1, 0.15) is 44.8 Å². The number of rotatable bonds is 7. The predicted octanol–water partition coefficient (Wildman–Crippen LogP) is 2.38. The second-order valence-electron chi connectivity index (χ2n) is 6.57. The van der Waals surface area contributed by atoms with Crippen molar-refractivity contribution in [2.75, 3.05) is 30.8 Å². The van der Waals surface area contributed by atoms with Gasteiger partial charge in [0, 0.05) is 19.2 Å².